The van der Waals surface area contributed by atoms with Crippen molar-refractivity contribution < 1.29 is 18.4 Å². The van der Waals surface area contributed by atoms with Gasteiger partial charge in [-0.3, -0.25) is 4.79 Å². The molecule has 2 aromatic carbocycles. The predicted octanol–water partition coefficient (Wildman–Crippen LogP) is 2.89. The fourth-order valence-electron chi connectivity index (χ4n) is 2.60. The average molecular weight is 331 g/mol. The van der Waals surface area contributed by atoms with Crippen molar-refractivity contribution >= 4 is 23.3 Å². The summed E-state index contributed by atoms with van der Waals surface area (Å²) in [6.07, 6.45) is 0.147. The summed E-state index contributed by atoms with van der Waals surface area (Å²) < 4.78 is 26.6. The Morgan fingerprint density at radius 3 is 2.62 bits per heavy atom. The molecule has 1 aliphatic rings. The van der Waals surface area contributed by atoms with Gasteiger partial charge in [-0.1, -0.05) is 18.2 Å². The van der Waals surface area contributed by atoms with Crippen molar-refractivity contribution in [1.29, 1.82) is 0 Å². The van der Waals surface area contributed by atoms with Crippen LogP contribution >= 0.6 is 0 Å². The van der Waals surface area contributed by atoms with Crippen molar-refractivity contribution in [2.24, 2.45) is 0 Å². The first-order valence-electron chi connectivity index (χ1n) is 7.41. The van der Waals surface area contributed by atoms with E-state index in [1.54, 1.807) is 4.90 Å². The van der Waals surface area contributed by atoms with Crippen LogP contribution in [0.3, 0.4) is 0 Å². The molecule has 0 spiro atoms. The SMILES string of the molecule is O=C(Nc1cc(F)ccc1F)N[C@@H]1CC(=O)N(c2ccccc2)C1. The number of para-hydroxylation sites is 1. The third-order valence-electron chi connectivity index (χ3n) is 3.70. The monoisotopic (exact) mass is 331 g/mol. The van der Waals surface area contributed by atoms with E-state index in [1.165, 1.54) is 0 Å². The number of anilines is 2. The van der Waals surface area contributed by atoms with Gasteiger partial charge in [0.15, 0.2) is 0 Å². The van der Waals surface area contributed by atoms with E-state index in [2.05, 4.69) is 10.6 Å². The molecule has 0 radical (unpaired) electrons. The second-order valence-corrected chi connectivity index (χ2v) is 5.46. The van der Waals surface area contributed by atoms with Crippen LogP contribution in [-0.4, -0.2) is 24.5 Å². The molecule has 0 bridgehead atoms. The molecule has 5 nitrogen and oxygen atoms in total. The van der Waals surface area contributed by atoms with Crippen LogP contribution in [0.2, 0.25) is 0 Å². The predicted molar refractivity (Wildman–Crippen MR) is 85.7 cm³/mol. The van der Waals surface area contributed by atoms with E-state index < -0.39 is 23.7 Å². The summed E-state index contributed by atoms with van der Waals surface area (Å²) in [6.45, 7) is 0.321. The van der Waals surface area contributed by atoms with E-state index in [9.17, 15) is 18.4 Å². The number of hydrogen-bond acceptors (Lipinski definition) is 2. The second kappa shape index (κ2) is 6.66. The third kappa shape index (κ3) is 3.51. The zero-order valence-corrected chi connectivity index (χ0v) is 12.6. The summed E-state index contributed by atoms with van der Waals surface area (Å²) in [7, 11) is 0. The minimum Gasteiger partial charge on any atom is -0.333 e. The van der Waals surface area contributed by atoms with E-state index in [1.807, 2.05) is 30.3 Å². The summed E-state index contributed by atoms with van der Waals surface area (Å²) in [5.74, 6) is -1.50. The third-order valence-corrected chi connectivity index (χ3v) is 3.70. The normalized spacial score (nSPS) is 17.0. The fourth-order valence-corrected chi connectivity index (χ4v) is 2.60. The van der Waals surface area contributed by atoms with Gasteiger partial charge < -0.3 is 15.5 Å². The number of benzene rings is 2. The Morgan fingerprint density at radius 1 is 1.12 bits per heavy atom. The van der Waals surface area contributed by atoms with Crippen LogP contribution in [0, 0.1) is 11.6 Å². The molecule has 3 rings (SSSR count). The van der Waals surface area contributed by atoms with E-state index in [0.717, 1.165) is 23.9 Å². The van der Waals surface area contributed by atoms with E-state index in [-0.39, 0.29) is 18.0 Å². The Morgan fingerprint density at radius 2 is 1.88 bits per heavy atom. The van der Waals surface area contributed by atoms with E-state index in [0.29, 0.717) is 6.54 Å². The van der Waals surface area contributed by atoms with Crippen molar-refractivity contribution in [1.82, 2.24) is 5.32 Å². The largest absolute Gasteiger partial charge is 0.333 e. The van der Waals surface area contributed by atoms with Crippen LogP contribution in [0.15, 0.2) is 48.5 Å². The van der Waals surface area contributed by atoms with Gasteiger partial charge in [0.2, 0.25) is 5.91 Å². The number of nitrogens with zero attached hydrogens (tertiary/aromatic N) is 1. The molecular formula is C17H15F2N3O2. The summed E-state index contributed by atoms with van der Waals surface area (Å²) in [5.41, 5.74) is 0.500. The lowest BCUT2D eigenvalue weighted by molar-refractivity contribution is -0.117. The highest BCUT2D eigenvalue weighted by atomic mass is 19.1. The maximum absolute atomic E-state index is 13.5. The highest BCUT2D eigenvalue weighted by Gasteiger charge is 2.31. The first-order chi connectivity index (χ1) is 11.5. The Kier molecular flexibility index (Phi) is 4.41. The molecular weight excluding hydrogens is 316 g/mol. The van der Waals surface area contributed by atoms with Gasteiger partial charge in [-0.05, 0) is 24.3 Å². The maximum atomic E-state index is 13.5. The minimum atomic E-state index is -0.736. The zero-order valence-electron chi connectivity index (χ0n) is 12.6. The van der Waals surface area contributed by atoms with Gasteiger partial charge in [0.25, 0.3) is 0 Å². The van der Waals surface area contributed by atoms with Gasteiger partial charge in [0.1, 0.15) is 11.6 Å². The summed E-state index contributed by atoms with van der Waals surface area (Å²) >= 11 is 0. The Bertz CT molecular complexity index is 768. The molecule has 1 fully saturated rings. The lowest BCUT2D eigenvalue weighted by Crippen LogP contribution is -2.39. The summed E-state index contributed by atoms with van der Waals surface area (Å²) in [4.78, 5) is 25.6. The molecule has 1 aliphatic heterocycles. The molecule has 2 aromatic rings. The Balaban J connectivity index is 1.61. The van der Waals surface area contributed by atoms with Gasteiger partial charge in [-0.25, -0.2) is 13.6 Å². The molecule has 1 saturated heterocycles. The van der Waals surface area contributed by atoms with Crippen LogP contribution in [0.1, 0.15) is 6.42 Å². The molecule has 3 amide bonds. The quantitative estimate of drug-likeness (QED) is 0.908. The van der Waals surface area contributed by atoms with Crippen molar-refractivity contribution in [3.8, 4) is 0 Å². The highest BCUT2D eigenvalue weighted by molar-refractivity contribution is 5.97. The van der Waals surface area contributed by atoms with Crippen LogP contribution in [0.25, 0.3) is 0 Å². The number of hydrogen-bond donors (Lipinski definition) is 2. The van der Waals surface area contributed by atoms with Gasteiger partial charge in [-0.2, -0.15) is 0 Å². The number of urea groups is 1. The highest BCUT2D eigenvalue weighted by Crippen LogP contribution is 2.21. The molecule has 1 atom stereocenters. The van der Waals surface area contributed by atoms with E-state index >= 15 is 0 Å². The molecule has 1 heterocycles. The first kappa shape index (κ1) is 15.9. The average Bonchev–Trinajstić information content (AvgIpc) is 2.92. The number of amides is 3. The number of rotatable bonds is 3. The lowest BCUT2D eigenvalue weighted by Gasteiger charge is -2.17. The van der Waals surface area contributed by atoms with Crippen molar-refractivity contribution in [3.05, 3.63) is 60.2 Å². The standard InChI is InChI=1S/C17H15F2N3O2/c18-11-6-7-14(19)15(8-11)21-17(24)20-12-9-16(23)22(10-12)13-4-2-1-3-5-13/h1-8,12H,9-10H2,(H2,20,21,24)/t12-/m1/s1. The molecule has 124 valence electrons. The second-order valence-electron chi connectivity index (χ2n) is 5.46. The molecule has 0 saturated carbocycles. The Hall–Kier alpha value is -2.96. The molecule has 0 unspecified atom stereocenters. The van der Waals surface area contributed by atoms with Crippen LogP contribution in [0.4, 0.5) is 25.0 Å². The topological polar surface area (TPSA) is 61.4 Å². The number of carbonyl (C=O) groups is 2. The van der Waals surface area contributed by atoms with Crippen molar-refractivity contribution in [2.45, 2.75) is 12.5 Å². The molecule has 0 aliphatic carbocycles. The molecule has 24 heavy (non-hydrogen) atoms. The first-order valence-corrected chi connectivity index (χ1v) is 7.41. The Labute approximate surface area is 137 Å². The van der Waals surface area contributed by atoms with Crippen LogP contribution in [0.5, 0.6) is 0 Å². The van der Waals surface area contributed by atoms with Gasteiger partial charge in [0, 0.05) is 24.7 Å². The number of carbonyl (C=O) groups excluding carboxylic acids is 2. The van der Waals surface area contributed by atoms with Crippen molar-refractivity contribution in [3.63, 3.8) is 0 Å². The zero-order chi connectivity index (χ0) is 17.1. The van der Waals surface area contributed by atoms with E-state index in [4.69, 9.17) is 0 Å². The summed E-state index contributed by atoms with van der Waals surface area (Å²) in [6, 6.07) is 10.8. The number of halogens is 2. The van der Waals surface area contributed by atoms with Gasteiger partial charge in [0.05, 0.1) is 11.7 Å². The van der Waals surface area contributed by atoms with Gasteiger partial charge >= 0.3 is 6.03 Å². The van der Waals surface area contributed by atoms with Crippen LogP contribution < -0.4 is 15.5 Å². The van der Waals surface area contributed by atoms with Crippen molar-refractivity contribution in [2.75, 3.05) is 16.8 Å². The molecule has 2 N–H and O–H groups in total. The number of nitrogens with one attached hydrogen (secondary N) is 2. The minimum absolute atomic E-state index is 0.108. The van der Waals surface area contributed by atoms with Crippen LogP contribution in [-0.2, 0) is 4.79 Å². The maximum Gasteiger partial charge on any atom is 0.319 e. The fraction of sp³-hybridized carbons (Fsp3) is 0.176. The lowest BCUT2D eigenvalue weighted by atomic mass is 10.2. The molecule has 7 heteroatoms. The van der Waals surface area contributed by atoms with Gasteiger partial charge in [-0.15, -0.1) is 0 Å². The smallest absolute Gasteiger partial charge is 0.319 e. The summed E-state index contributed by atoms with van der Waals surface area (Å²) in [5, 5.41) is 4.86. The molecule has 0 aromatic heterocycles.